The molecule has 2 unspecified atom stereocenters. The van der Waals surface area contributed by atoms with Crippen LogP contribution in [-0.2, 0) is 14.8 Å². The van der Waals surface area contributed by atoms with Gasteiger partial charge in [-0.05, 0) is 48.5 Å². The highest BCUT2D eigenvalue weighted by Gasteiger charge is 2.26. The summed E-state index contributed by atoms with van der Waals surface area (Å²) in [6, 6.07) is 9.65. The first-order valence-corrected chi connectivity index (χ1v) is 12.4. The third-order valence-corrected chi connectivity index (χ3v) is 6.64. The summed E-state index contributed by atoms with van der Waals surface area (Å²) in [5.41, 5.74) is 0.816. The second kappa shape index (κ2) is 9.80. The molecule has 3 rings (SSSR count). The van der Waals surface area contributed by atoms with Crippen LogP contribution in [0.4, 0.5) is 4.39 Å². The van der Waals surface area contributed by atoms with Crippen molar-refractivity contribution >= 4 is 27.3 Å². The minimum atomic E-state index is -3.27. The van der Waals surface area contributed by atoms with E-state index in [4.69, 9.17) is 0 Å². The van der Waals surface area contributed by atoms with Crippen molar-refractivity contribution in [2.45, 2.75) is 31.3 Å². The first kappa shape index (κ1) is 21.9. The smallest absolute Gasteiger partial charge is 0.234 e. The summed E-state index contributed by atoms with van der Waals surface area (Å²) in [4.78, 5) is 15.8. The Hall–Kier alpha value is -1.81. The zero-order valence-corrected chi connectivity index (χ0v) is 17.9. The zero-order valence-electron chi connectivity index (χ0n) is 16.3. The fraction of sp³-hybridized carbons (Fsp3) is 0.450. The molecule has 1 aliphatic heterocycles. The third kappa shape index (κ3) is 6.60. The third-order valence-electron chi connectivity index (χ3n) is 5.01. The maximum Gasteiger partial charge on any atom is 0.234 e. The molecule has 0 spiro atoms. The van der Waals surface area contributed by atoms with Crippen molar-refractivity contribution in [2.75, 3.05) is 25.9 Å². The molecule has 2 aromatic rings. The molecule has 1 aromatic carbocycles. The summed E-state index contributed by atoms with van der Waals surface area (Å²) in [7, 11) is -3.27. The van der Waals surface area contributed by atoms with Gasteiger partial charge in [0.25, 0.3) is 0 Å². The number of hydrogen-bond donors (Lipinski definition) is 2. The highest BCUT2D eigenvalue weighted by Crippen LogP contribution is 2.26. The molecule has 1 aliphatic rings. The van der Waals surface area contributed by atoms with E-state index in [-0.39, 0.29) is 30.4 Å². The maximum atomic E-state index is 13.3. The number of likely N-dealkylation sites (tertiary alicyclic amines) is 1. The number of carbonyl (C=O) groups is 1. The van der Waals surface area contributed by atoms with Crippen LogP contribution in [0.5, 0.6) is 0 Å². The molecule has 0 aliphatic carbocycles. The number of hydrogen-bond acceptors (Lipinski definition) is 5. The van der Waals surface area contributed by atoms with Crippen molar-refractivity contribution in [3.05, 3.63) is 58.0 Å². The fourth-order valence-electron chi connectivity index (χ4n) is 3.57. The van der Waals surface area contributed by atoms with Crippen molar-refractivity contribution in [3.8, 4) is 0 Å². The van der Waals surface area contributed by atoms with Crippen molar-refractivity contribution in [1.82, 2.24) is 14.9 Å². The van der Waals surface area contributed by atoms with Crippen molar-refractivity contribution in [3.63, 3.8) is 0 Å². The van der Waals surface area contributed by atoms with Gasteiger partial charge >= 0.3 is 0 Å². The van der Waals surface area contributed by atoms with Gasteiger partial charge in [-0.1, -0.05) is 24.6 Å². The topological polar surface area (TPSA) is 78.5 Å². The molecule has 158 valence electrons. The van der Waals surface area contributed by atoms with Crippen LogP contribution in [0.15, 0.2) is 41.8 Å². The average molecular weight is 440 g/mol. The molecule has 1 saturated heterocycles. The van der Waals surface area contributed by atoms with E-state index in [9.17, 15) is 17.6 Å². The lowest BCUT2D eigenvalue weighted by atomic mass is 10.0. The van der Waals surface area contributed by atoms with Crippen LogP contribution in [0.25, 0.3) is 0 Å². The van der Waals surface area contributed by atoms with E-state index in [2.05, 4.69) is 10.0 Å². The van der Waals surface area contributed by atoms with Crippen molar-refractivity contribution in [1.29, 1.82) is 0 Å². The summed E-state index contributed by atoms with van der Waals surface area (Å²) < 4.78 is 38.7. The Kier molecular flexibility index (Phi) is 7.39. The second-order valence-corrected chi connectivity index (χ2v) is 10.1. The van der Waals surface area contributed by atoms with E-state index >= 15 is 0 Å². The van der Waals surface area contributed by atoms with Crippen LogP contribution in [0.1, 0.15) is 35.7 Å². The van der Waals surface area contributed by atoms with Crippen molar-refractivity contribution in [2.24, 2.45) is 0 Å². The molecule has 1 fully saturated rings. The van der Waals surface area contributed by atoms with E-state index in [0.29, 0.717) is 6.54 Å². The minimum absolute atomic E-state index is 0.00441. The number of benzene rings is 1. The number of halogens is 1. The lowest BCUT2D eigenvalue weighted by Gasteiger charge is -2.35. The Morgan fingerprint density at radius 2 is 2.03 bits per heavy atom. The average Bonchev–Trinajstić information content (AvgIpc) is 3.20. The molecule has 0 radical (unpaired) electrons. The molecule has 9 heteroatoms. The number of thiophene rings is 1. The zero-order chi connectivity index (χ0) is 20.9. The number of nitrogens with zero attached hydrogens (tertiary/aromatic N) is 1. The van der Waals surface area contributed by atoms with Gasteiger partial charge in [0.15, 0.2) is 0 Å². The summed E-state index contributed by atoms with van der Waals surface area (Å²) in [6.45, 7) is 1.25. The Bertz CT molecular complexity index is 902. The Morgan fingerprint density at radius 1 is 1.28 bits per heavy atom. The van der Waals surface area contributed by atoms with E-state index in [1.807, 2.05) is 22.4 Å². The predicted octanol–water partition coefficient (Wildman–Crippen LogP) is 2.50. The quantitative estimate of drug-likeness (QED) is 0.663. The first-order valence-electron chi connectivity index (χ1n) is 9.59. The predicted molar refractivity (Wildman–Crippen MR) is 113 cm³/mol. The fourth-order valence-corrected chi connectivity index (χ4v) is 4.87. The molecule has 0 bridgehead atoms. The number of carbonyl (C=O) groups excluding carboxylic acids is 1. The van der Waals surface area contributed by atoms with Gasteiger partial charge in [0.2, 0.25) is 15.9 Å². The first-order chi connectivity index (χ1) is 13.8. The summed E-state index contributed by atoms with van der Waals surface area (Å²) in [5.74, 6) is -0.460. The lowest BCUT2D eigenvalue weighted by molar-refractivity contribution is -0.123. The standard InChI is InChI=1S/C20H26FN3O3S2/c1-29(26,27)22-13-17-5-2-3-11-24(17)14-19(25)23-20(18-6-4-12-28-18)15-7-9-16(21)10-8-15/h4,6-10,12,17,20,22H,2-3,5,11,13-14H2,1H3,(H,23,25). The molecule has 2 heterocycles. The summed E-state index contributed by atoms with van der Waals surface area (Å²) in [6.07, 6.45) is 3.99. The number of nitrogens with one attached hydrogen (secondary N) is 2. The monoisotopic (exact) mass is 439 g/mol. The largest absolute Gasteiger partial charge is 0.343 e. The van der Waals surface area contributed by atoms with Gasteiger partial charge in [0.05, 0.1) is 18.8 Å². The molecule has 2 N–H and O–H groups in total. The second-order valence-electron chi connectivity index (χ2n) is 7.31. The highest BCUT2D eigenvalue weighted by molar-refractivity contribution is 7.88. The number of rotatable bonds is 8. The summed E-state index contributed by atoms with van der Waals surface area (Å²) >= 11 is 1.53. The van der Waals surface area contributed by atoms with Crippen LogP contribution in [0, 0.1) is 5.82 Å². The van der Waals surface area contributed by atoms with Crippen LogP contribution in [-0.4, -0.2) is 51.2 Å². The Morgan fingerprint density at radius 3 is 2.69 bits per heavy atom. The van der Waals surface area contributed by atoms with Crippen LogP contribution < -0.4 is 10.0 Å². The van der Waals surface area contributed by atoms with Crippen LogP contribution >= 0.6 is 11.3 Å². The van der Waals surface area contributed by atoms with Gasteiger partial charge in [-0.2, -0.15) is 0 Å². The highest BCUT2D eigenvalue weighted by atomic mass is 32.2. The van der Waals surface area contributed by atoms with Crippen LogP contribution in [0.2, 0.25) is 0 Å². The molecule has 1 aromatic heterocycles. The molecule has 1 amide bonds. The van der Waals surface area contributed by atoms with E-state index in [1.165, 1.54) is 23.5 Å². The van der Waals surface area contributed by atoms with Gasteiger partial charge in [-0.3, -0.25) is 9.69 Å². The Labute approximate surface area is 175 Å². The molecule has 6 nitrogen and oxygen atoms in total. The summed E-state index contributed by atoms with van der Waals surface area (Å²) in [5, 5.41) is 5.00. The van der Waals surface area contributed by atoms with Gasteiger partial charge in [0, 0.05) is 17.5 Å². The maximum absolute atomic E-state index is 13.3. The lowest BCUT2D eigenvalue weighted by Crippen LogP contribution is -2.50. The minimum Gasteiger partial charge on any atom is -0.343 e. The molecule has 2 atom stereocenters. The molecule has 29 heavy (non-hydrogen) atoms. The van der Waals surface area contributed by atoms with Crippen molar-refractivity contribution < 1.29 is 17.6 Å². The molecular weight excluding hydrogens is 413 g/mol. The van der Waals surface area contributed by atoms with Gasteiger partial charge in [-0.15, -0.1) is 11.3 Å². The van der Waals surface area contributed by atoms with Gasteiger partial charge < -0.3 is 5.32 Å². The number of amides is 1. The SMILES string of the molecule is CS(=O)(=O)NCC1CCCCN1CC(=O)NC(c1ccc(F)cc1)c1cccs1. The Balaban J connectivity index is 1.68. The van der Waals surface area contributed by atoms with Gasteiger partial charge in [-0.25, -0.2) is 17.5 Å². The van der Waals surface area contributed by atoms with Gasteiger partial charge in [0.1, 0.15) is 5.82 Å². The molecule has 0 saturated carbocycles. The van der Waals surface area contributed by atoms with E-state index in [0.717, 1.165) is 42.5 Å². The number of sulfonamides is 1. The number of piperidine rings is 1. The van der Waals surface area contributed by atoms with Crippen LogP contribution in [0.3, 0.4) is 0 Å². The normalized spacial score (nSPS) is 19.0. The van der Waals surface area contributed by atoms with E-state index in [1.54, 1.807) is 12.1 Å². The van der Waals surface area contributed by atoms with E-state index < -0.39 is 10.0 Å². The molecular formula is C20H26FN3O3S2.